The van der Waals surface area contributed by atoms with Gasteiger partial charge in [-0.05, 0) is 6.07 Å². The Labute approximate surface area is 79.9 Å². The van der Waals surface area contributed by atoms with Gasteiger partial charge >= 0.3 is 0 Å². The number of nitrogens with two attached hydrogens (primary N) is 1. The zero-order valence-electron chi connectivity index (χ0n) is 7.48. The number of nitro groups is 1. The van der Waals surface area contributed by atoms with Gasteiger partial charge in [-0.15, -0.1) is 0 Å². The first-order valence-electron chi connectivity index (χ1n) is 3.83. The van der Waals surface area contributed by atoms with Gasteiger partial charge in [0, 0.05) is 13.0 Å². The maximum absolute atomic E-state index is 10.8. The lowest BCUT2D eigenvalue weighted by molar-refractivity contribution is -0.383. The highest BCUT2D eigenvalue weighted by molar-refractivity contribution is 5.95. The summed E-state index contributed by atoms with van der Waals surface area (Å²) in [7, 11) is 0. The molecule has 1 rings (SSSR count). The Hall–Kier alpha value is -2.11. The van der Waals surface area contributed by atoms with Crippen molar-refractivity contribution in [3.8, 4) is 0 Å². The Balaban J connectivity index is 3.22. The number of benzene rings is 1. The Bertz CT molecular complexity index is 389. The first kappa shape index (κ1) is 9.97. The molecule has 6 nitrogen and oxygen atoms in total. The van der Waals surface area contributed by atoms with Gasteiger partial charge in [-0.25, -0.2) is 0 Å². The Morgan fingerprint density at radius 2 is 2.21 bits per heavy atom. The first-order chi connectivity index (χ1) is 6.52. The number of carbonyl (C=O) groups excluding carboxylic acids is 1. The van der Waals surface area contributed by atoms with E-state index < -0.39 is 10.8 Å². The van der Waals surface area contributed by atoms with Gasteiger partial charge in [0.1, 0.15) is 5.69 Å². The minimum Gasteiger partial charge on any atom is -0.397 e. The monoisotopic (exact) mass is 195 g/mol. The third kappa shape index (κ3) is 1.98. The van der Waals surface area contributed by atoms with E-state index in [9.17, 15) is 14.9 Å². The molecule has 0 aliphatic rings. The number of nitrogens with one attached hydrogen (secondary N) is 1. The lowest BCUT2D eigenvalue weighted by Gasteiger charge is -2.05. The van der Waals surface area contributed by atoms with Crippen LogP contribution in [0.2, 0.25) is 0 Å². The molecule has 1 aromatic carbocycles. The van der Waals surface area contributed by atoms with Crippen LogP contribution in [0.4, 0.5) is 17.1 Å². The molecule has 0 saturated heterocycles. The van der Waals surface area contributed by atoms with Crippen molar-refractivity contribution in [2.45, 2.75) is 6.92 Å². The highest BCUT2D eigenvalue weighted by Gasteiger charge is 2.16. The molecular formula is C8H9N3O3. The zero-order chi connectivity index (χ0) is 10.7. The zero-order valence-corrected chi connectivity index (χ0v) is 7.48. The van der Waals surface area contributed by atoms with E-state index in [1.165, 1.54) is 25.1 Å². The second-order valence-electron chi connectivity index (χ2n) is 2.68. The molecular weight excluding hydrogens is 186 g/mol. The topological polar surface area (TPSA) is 98.3 Å². The standard InChI is InChI=1S/C8H9N3O3/c1-5(12)10-8-6(9)3-2-4-7(8)11(13)14/h2-4H,9H2,1H3,(H,10,12). The van der Waals surface area contributed by atoms with Crippen LogP contribution in [-0.4, -0.2) is 10.8 Å². The quantitative estimate of drug-likeness (QED) is 0.420. The summed E-state index contributed by atoms with van der Waals surface area (Å²) in [5.41, 5.74) is 5.50. The normalized spacial score (nSPS) is 9.50. The molecule has 0 aliphatic carbocycles. The average Bonchev–Trinajstić information content (AvgIpc) is 2.07. The SMILES string of the molecule is CC(=O)Nc1c(N)cccc1[N+](=O)[O-]. The van der Waals surface area contributed by atoms with E-state index in [0.29, 0.717) is 0 Å². The maximum Gasteiger partial charge on any atom is 0.294 e. The highest BCUT2D eigenvalue weighted by Crippen LogP contribution is 2.29. The smallest absolute Gasteiger partial charge is 0.294 e. The van der Waals surface area contributed by atoms with Crippen molar-refractivity contribution in [2.75, 3.05) is 11.1 Å². The lowest BCUT2D eigenvalue weighted by Crippen LogP contribution is -2.10. The molecule has 6 heteroatoms. The van der Waals surface area contributed by atoms with Gasteiger partial charge in [-0.1, -0.05) is 6.07 Å². The van der Waals surface area contributed by atoms with Crippen molar-refractivity contribution in [3.05, 3.63) is 28.3 Å². The summed E-state index contributed by atoms with van der Waals surface area (Å²) in [4.78, 5) is 20.7. The molecule has 0 radical (unpaired) electrons. The summed E-state index contributed by atoms with van der Waals surface area (Å²) >= 11 is 0. The minimum atomic E-state index is -0.596. The van der Waals surface area contributed by atoms with Gasteiger partial charge in [-0.2, -0.15) is 0 Å². The third-order valence-corrected chi connectivity index (χ3v) is 1.57. The number of amides is 1. The number of para-hydroxylation sites is 1. The summed E-state index contributed by atoms with van der Waals surface area (Å²) in [5, 5.41) is 12.9. The lowest BCUT2D eigenvalue weighted by atomic mass is 10.2. The number of nitrogen functional groups attached to an aromatic ring is 1. The van der Waals surface area contributed by atoms with Crippen LogP contribution in [0.1, 0.15) is 6.92 Å². The van der Waals surface area contributed by atoms with Crippen LogP contribution in [0.25, 0.3) is 0 Å². The molecule has 0 aromatic heterocycles. The van der Waals surface area contributed by atoms with Crippen LogP contribution in [0, 0.1) is 10.1 Å². The number of carbonyl (C=O) groups is 1. The third-order valence-electron chi connectivity index (χ3n) is 1.57. The number of hydrogen-bond acceptors (Lipinski definition) is 4. The van der Waals surface area contributed by atoms with Crippen LogP contribution in [0.15, 0.2) is 18.2 Å². The van der Waals surface area contributed by atoms with E-state index in [1.807, 2.05) is 0 Å². The molecule has 0 bridgehead atoms. The van der Waals surface area contributed by atoms with Crippen molar-refractivity contribution in [1.82, 2.24) is 0 Å². The molecule has 0 heterocycles. The Kier molecular flexibility index (Phi) is 2.66. The predicted molar refractivity (Wildman–Crippen MR) is 51.8 cm³/mol. The van der Waals surface area contributed by atoms with E-state index in [0.717, 1.165) is 0 Å². The Morgan fingerprint density at radius 3 is 2.71 bits per heavy atom. The number of nitro benzene ring substituents is 1. The van der Waals surface area contributed by atoms with Crippen LogP contribution >= 0.6 is 0 Å². The molecule has 14 heavy (non-hydrogen) atoms. The Morgan fingerprint density at radius 1 is 1.57 bits per heavy atom. The van der Waals surface area contributed by atoms with Gasteiger partial charge in [-0.3, -0.25) is 14.9 Å². The molecule has 0 atom stereocenters. The van der Waals surface area contributed by atoms with Crippen LogP contribution < -0.4 is 11.1 Å². The van der Waals surface area contributed by atoms with E-state index in [2.05, 4.69) is 5.32 Å². The molecule has 1 aromatic rings. The van der Waals surface area contributed by atoms with Crippen LogP contribution in [0.3, 0.4) is 0 Å². The fraction of sp³-hybridized carbons (Fsp3) is 0.125. The fourth-order valence-corrected chi connectivity index (χ4v) is 1.02. The van der Waals surface area contributed by atoms with Crippen molar-refractivity contribution in [1.29, 1.82) is 0 Å². The molecule has 74 valence electrons. The van der Waals surface area contributed by atoms with Gasteiger partial charge < -0.3 is 11.1 Å². The van der Waals surface area contributed by atoms with E-state index in [1.54, 1.807) is 0 Å². The molecule has 0 spiro atoms. The van der Waals surface area contributed by atoms with Crippen LogP contribution in [-0.2, 0) is 4.79 Å². The number of hydrogen-bond donors (Lipinski definition) is 2. The summed E-state index contributed by atoms with van der Waals surface area (Å²) < 4.78 is 0. The average molecular weight is 195 g/mol. The van der Waals surface area contributed by atoms with Gasteiger partial charge in [0.25, 0.3) is 5.69 Å². The molecule has 1 amide bonds. The molecule has 0 aliphatic heterocycles. The number of rotatable bonds is 2. The largest absolute Gasteiger partial charge is 0.397 e. The fourth-order valence-electron chi connectivity index (χ4n) is 1.02. The van der Waals surface area contributed by atoms with Crippen molar-refractivity contribution in [2.24, 2.45) is 0 Å². The number of anilines is 2. The molecule has 0 unspecified atom stereocenters. The summed E-state index contributed by atoms with van der Waals surface area (Å²) in [6, 6.07) is 4.22. The number of nitrogens with zero attached hydrogens (tertiary/aromatic N) is 1. The molecule has 3 N–H and O–H groups in total. The second kappa shape index (κ2) is 3.73. The van der Waals surface area contributed by atoms with Crippen LogP contribution in [0.5, 0.6) is 0 Å². The summed E-state index contributed by atoms with van der Waals surface area (Å²) in [5.74, 6) is -0.397. The predicted octanol–water partition coefficient (Wildman–Crippen LogP) is 1.14. The highest BCUT2D eigenvalue weighted by atomic mass is 16.6. The van der Waals surface area contributed by atoms with Crippen molar-refractivity contribution < 1.29 is 9.72 Å². The second-order valence-corrected chi connectivity index (χ2v) is 2.68. The van der Waals surface area contributed by atoms with Gasteiger partial charge in [0.15, 0.2) is 0 Å². The maximum atomic E-state index is 10.8. The van der Waals surface area contributed by atoms with E-state index in [4.69, 9.17) is 5.73 Å². The van der Waals surface area contributed by atoms with E-state index >= 15 is 0 Å². The van der Waals surface area contributed by atoms with Crippen molar-refractivity contribution in [3.63, 3.8) is 0 Å². The molecule has 0 fully saturated rings. The minimum absolute atomic E-state index is 0.0463. The van der Waals surface area contributed by atoms with Crippen molar-refractivity contribution >= 4 is 23.0 Å². The first-order valence-corrected chi connectivity index (χ1v) is 3.83. The molecule has 0 saturated carbocycles. The van der Waals surface area contributed by atoms with E-state index in [-0.39, 0.29) is 17.1 Å². The van der Waals surface area contributed by atoms with Gasteiger partial charge in [0.2, 0.25) is 5.91 Å². The summed E-state index contributed by atoms with van der Waals surface area (Å²) in [6.07, 6.45) is 0. The summed E-state index contributed by atoms with van der Waals surface area (Å²) in [6.45, 7) is 1.26. The van der Waals surface area contributed by atoms with Gasteiger partial charge in [0.05, 0.1) is 10.6 Å².